The van der Waals surface area contributed by atoms with Crippen molar-refractivity contribution in [1.82, 2.24) is 0 Å². The number of anilines is 1. The molecular formula is C16H24BrNO. The van der Waals surface area contributed by atoms with E-state index in [9.17, 15) is 0 Å². The van der Waals surface area contributed by atoms with E-state index in [1.165, 1.54) is 29.7 Å². The van der Waals surface area contributed by atoms with E-state index < -0.39 is 0 Å². The summed E-state index contributed by atoms with van der Waals surface area (Å²) in [6, 6.07) is 7.41. The van der Waals surface area contributed by atoms with Gasteiger partial charge < -0.3 is 9.64 Å². The largest absolute Gasteiger partial charge is 0.383 e. The fourth-order valence-electron chi connectivity index (χ4n) is 2.60. The Hall–Kier alpha value is -0.540. The standard InChI is InChI=1S/C16H24BrNO/c1-12-10-16(7-6-15(12)11-17)18(8-9-19-3)13(2)14-4-5-14/h6-7,10,13-14H,4-5,8-9,11H2,1-3H3. The molecule has 1 aliphatic rings. The Morgan fingerprint density at radius 2 is 2.16 bits per heavy atom. The van der Waals surface area contributed by atoms with E-state index >= 15 is 0 Å². The zero-order valence-electron chi connectivity index (χ0n) is 12.2. The first-order valence-corrected chi connectivity index (χ1v) is 8.20. The quantitative estimate of drug-likeness (QED) is 0.698. The maximum Gasteiger partial charge on any atom is 0.0637 e. The normalized spacial score (nSPS) is 16.4. The average Bonchev–Trinajstić information content (AvgIpc) is 3.23. The molecule has 0 heterocycles. The summed E-state index contributed by atoms with van der Waals surface area (Å²) in [7, 11) is 1.78. The van der Waals surface area contributed by atoms with Crippen molar-refractivity contribution in [2.75, 3.05) is 25.2 Å². The maximum absolute atomic E-state index is 5.27. The molecule has 0 radical (unpaired) electrons. The van der Waals surface area contributed by atoms with E-state index in [0.29, 0.717) is 6.04 Å². The van der Waals surface area contributed by atoms with E-state index in [1.807, 2.05) is 0 Å². The molecule has 19 heavy (non-hydrogen) atoms. The first-order chi connectivity index (χ1) is 9.17. The van der Waals surface area contributed by atoms with Gasteiger partial charge >= 0.3 is 0 Å². The lowest BCUT2D eigenvalue weighted by Gasteiger charge is -2.32. The van der Waals surface area contributed by atoms with Crippen molar-refractivity contribution in [2.45, 2.75) is 38.1 Å². The minimum atomic E-state index is 0.615. The molecule has 2 rings (SSSR count). The second-order valence-corrected chi connectivity index (χ2v) is 6.07. The Morgan fingerprint density at radius 1 is 1.42 bits per heavy atom. The van der Waals surface area contributed by atoms with Gasteiger partial charge in [-0.2, -0.15) is 0 Å². The molecular weight excluding hydrogens is 302 g/mol. The van der Waals surface area contributed by atoms with E-state index in [-0.39, 0.29) is 0 Å². The minimum Gasteiger partial charge on any atom is -0.383 e. The van der Waals surface area contributed by atoms with Gasteiger partial charge in [-0.3, -0.25) is 0 Å². The Balaban J connectivity index is 2.18. The first kappa shape index (κ1) is 14.9. The van der Waals surface area contributed by atoms with Crippen molar-refractivity contribution in [3.05, 3.63) is 29.3 Å². The number of benzene rings is 1. The van der Waals surface area contributed by atoms with E-state index in [1.54, 1.807) is 7.11 Å². The number of methoxy groups -OCH3 is 1. The van der Waals surface area contributed by atoms with Gasteiger partial charge in [-0.1, -0.05) is 22.0 Å². The lowest BCUT2D eigenvalue weighted by atomic mass is 10.1. The number of rotatable bonds is 7. The fraction of sp³-hybridized carbons (Fsp3) is 0.625. The van der Waals surface area contributed by atoms with Crippen LogP contribution in [0.15, 0.2) is 18.2 Å². The third-order valence-electron chi connectivity index (χ3n) is 4.13. The summed E-state index contributed by atoms with van der Waals surface area (Å²) in [5, 5.41) is 0.926. The molecule has 1 saturated carbocycles. The van der Waals surface area contributed by atoms with Gasteiger partial charge in [0.1, 0.15) is 0 Å². The van der Waals surface area contributed by atoms with Crippen LogP contribution in [0.4, 0.5) is 5.69 Å². The van der Waals surface area contributed by atoms with Crippen molar-refractivity contribution in [2.24, 2.45) is 5.92 Å². The highest BCUT2D eigenvalue weighted by molar-refractivity contribution is 9.08. The molecule has 1 aromatic carbocycles. The van der Waals surface area contributed by atoms with Gasteiger partial charge in [0.05, 0.1) is 6.61 Å². The highest BCUT2D eigenvalue weighted by atomic mass is 79.9. The smallest absolute Gasteiger partial charge is 0.0637 e. The van der Waals surface area contributed by atoms with Crippen LogP contribution in [-0.2, 0) is 10.1 Å². The molecule has 1 aliphatic carbocycles. The summed E-state index contributed by atoms with van der Waals surface area (Å²) < 4.78 is 5.27. The molecule has 1 atom stereocenters. The molecule has 2 nitrogen and oxygen atoms in total. The number of aryl methyl sites for hydroxylation is 1. The number of hydrogen-bond donors (Lipinski definition) is 0. The van der Waals surface area contributed by atoms with E-state index in [0.717, 1.165) is 24.4 Å². The van der Waals surface area contributed by atoms with Gasteiger partial charge in [0.15, 0.2) is 0 Å². The van der Waals surface area contributed by atoms with Gasteiger partial charge in [-0.05, 0) is 55.9 Å². The lowest BCUT2D eigenvalue weighted by molar-refractivity contribution is 0.202. The molecule has 0 bridgehead atoms. The highest BCUT2D eigenvalue weighted by Crippen LogP contribution is 2.37. The summed E-state index contributed by atoms with van der Waals surface area (Å²) in [5.74, 6) is 0.869. The number of nitrogens with zero attached hydrogens (tertiary/aromatic N) is 1. The summed E-state index contributed by atoms with van der Waals surface area (Å²) >= 11 is 3.54. The zero-order valence-corrected chi connectivity index (χ0v) is 13.7. The molecule has 3 heteroatoms. The minimum absolute atomic E-state index is 0.615. The van der Waals surface area contributed by atoms with Crippen LogP contribution in [0.3, 0.4) is 0 Å². The van der Waals surface area contributed by atoms with E-state index in [2.05, 4.69) is 52.9 Å². The van der Waals surface area contributed by atoms with Crippen molar-refractivity contribution in [1.29, 1.82) is 0 Å². The highest BCUT2D eigenvalue weighted by Gasteiger charge is 2.32. The molecule has 0 saturated heterocycles. The van der Waals surface area contributed by atoms with Crippen molar-refractivity contribution in [3.63, 3.8) is 0 Å². The summed E-state index contributed by atoms with van der Waals surface area (Å²) in [6.45, 7) is 6.30. The molecule has 0 N–H and O–H groups in total. The van der Waals surface area contributed by atoms with Gasteiger partial charge in [0.2, 0.25) is 0 Å². The zero-order chi connectivity index (χ0) is 13.8. The van der Waals surface area contributed by atoms with Gasteiger partial charge in [0, 0.05) is 30.7 Å². The number of halogens is 1. The second kappa shape index (κ2) is 6.76. The Labute approximate surface area is 125 Å². The molecule has 0 spiro atoms. The van der Waals surface area contributed by atoms with Crippen LogP contribution in [0.25, 0.3) is 0 Å². The first-order valence-electron chi connectivity index (χ1n) is 7.08. The molecule has 1 aromatic rings. The topological polar surface area (TPSA) is 12.5 Å². The summed E-state index contributed by atoms with van der Waals surface area (Å²) in [4.78, 5) is 2.51. The van der Waals surface area contributed by atoms with Crippen LogP contribution >= 0.6 is 15.9 Å². The third kappa shape index (κ3) is 3.73. The molecule has 0 aromatic heterocycles. The molecule has 0 aliphatic heterocycles. The Kier molecular flexibility index (Phi) is 5.28. The molecule has 106 valence electrons. The van der Waals surface area contributed by atoms with Crippen LogP contribution in [0.1, 0.15) is 30.9 Å². The van der Waals surface area contributed by atoms with Crippen LogP contribution < -0.4 is 4.90 Å². The number of alkyl halides is 1. The Bertz CT molecular complexity index is 417. The van der Waals surface area contributed by atoms with Crippen molar-refractivity contribution < 1.29 is 4.74 Å². The maximum atomic E-state index is 5.27. The molecule has 1 unspecified atom stereocenters. The third-order valence-corrected chi connectivity index (χ3v) is 4.74. The van der Waals surface area contributed by atoms with Crippen LogP contribution in [0.5, 0.6) is 0 Å². The predicted molar refractivity (Wildman–Crippen MR) is 85.2 cm³/mol. The number of hydrogen-bond acceptors (Lipinski definition) is 2. The summed E-state index contributed by atoms with van der Waals surface area (Å²) in [5.41, 5.74) is 4.06. The molecule has 0 amide bonds. The second-order valence-electron chi connectivity index (χ2n) is 5.51. The average molecular weight is 326 g/mol. The van der Waals surface area contributed by atoms with Gasteiger partial charge in [0.25, 0.3) is 0 Å². The number of ether oxygens (including phenoxy) is 1. The summed E-state index contributed by atoms with van der Waals surface area (Å²) in [6.07, 6.45) is 2.76. The predicted octanol–water partition coefficient (Wildman–Crippen LogP) is 4.14. The van der Waals surface area contributed by atoms with E-state index in [4.69, 9.17) is 4.74 Å². The fourth-order valence-corrected chi connectivity index (χ4v) is 3.23. The van der Waals surface area contributed by atoms with Crippen molar-refractivity contribution in [3.8, 4) is 0 Å². The van der Waals surface area contributed by atoms with Crippen molar-refractivity contribution >= 4 is 21.6 Å². The lowest BCUT2D eigenvalue weighted by Crippen LogP contribution is -2.37. The SMILES string of the molecule is COCCN(c1ccc(CBr)c(C)c1)C(C)C1CC1. The van der Waals surface area contributed by atoms with Crippen LogP contribution in [0.2, 0.25) is 0 Å². The molecule has 1 fully saturated rings. The van der Waals surface area contributed by atoms with Gasteiger partial charge in [-0.15, -0.1) is 0 Å². The van der Waals surface area contributed by atoms with Crippen LogP contribution in [-0.4, -0.2) is 26.3 Å². The Morgan fingerprint density at radius 3 is 2.68 bits per heavy atom. The van der Waals surface area contributed by atoms with Gasteiger partial charge in [-0.25, -0.2) is 0 Å². The monoisotopic (exact) mass is 325 g/mol. The van der Waals surface area contributed by atoms with Crippen LogP contribution in [0, 0.1) is 12.8 Å².